The van der Waals surface area contributed by atoms with Crippen molar-refractivity contribution in [1.29, 1.82) is 0 Å². The highest BCUT2D eigenvalue weighted by Gasteiger charge is 2.34. The van der Waals surface area contributed by atoms with Gasteiger partial charge in [0.15, 0.2) is 0 Å². The van der Waals surface area contributed by atoms with Crippen molar-refractivity contribution in [1.82, 2.24) is 10.6 Å². The molecular formula is C18H42N2O5Si2. The van der Waals surface area contributed by atoms with Crippen LogP contribution in [0.5, 0.6) is 0 Å². The van der Waals surface area contributed by atoms with Crippen molar-refractivity contribution in [2.75, 3.05) is 39.5 Å². The lowest BCUT2D eigenvalue weighted by molar-refractivity contribution is 0.182. The molecule has 0 fully saturated rings. The first-order valence-corrected chi connectivity index (χ1v) is 15.2. The minimum absolute atomic E-state index is 0.122. The van der Waals surface area contributed by atoms with Crippen LogP contribution in [0.2, 0.25) is 24.7 Å². The number of hydrogen-bond acceptors (Lipinski definition) is 5. The predicted molar refractivity (Wildman–Crippen MR) is 115 cm³/mol. The van der Waals surface area contributed by atoms with E-state index in [1.165, 1.54) is 0 Å². The van der Waals surface area contributed by atoms with Crippen LogP contribution in [0.4, 0.5) is 4.79 Å². The van der Waals surface area contributed by atoms with Crippen molar-refractivity contribution in [2.24, 2.45) is 0 Å². The number of amides is 2. The number of carbonyl (C=O) groups is 1. The predicted octanol–water partition coefficient (Wildman–Crippen LogP) is 3.75. The lowest BCUT2D eigenvalue weighted by atomic mass is 10.4. The van der Waals surface area contributed by atoms with Crippen LogP contribution in [0, 0.1) is 0 Å². The van der Waals surface area contributed by atoms with Gasteiger partial charge in [-0.3, -0.25) is 0 Å². The van der Waals surface area contributed by atoms with Gasteiger partial charge in [-0.2, -0.15) is 0 Å². The molecule has 0 bridgehead atoms. The van der Waals surface area contributed by atoms with Crippen LogP contribution < -0.4 is 10.6 Å². The van der Waals surface area contributed by atoms with E-state index in [0.29, 0.717) is 39.5 Å². The zero-order chi connectivity index (χ0) is 20.6. The summed E-state index contributed by atoms with van der Waals surface area (Å²) >= 11 is 0. The minimum Gasteiger partial charge on any atom is -0.395 e. The summed E-state index contributed by atoms with van der Waals surface area (Å²) in [7, 11) is -4.19. The summed E-state index contributed by atoms with van der Waals surface area (Å²) in [6.45, 7) is 16.2. The van der Waals surface area contributed by atoms with Crippen LogP contribution in [0.3, 0.4) is 0 Å². The van der Waals surface area contributed by atoms with Gasteiger partial charge in [0.2, 0.25) is 0 Å². The number of nitrogens with one attached hydrogen (secondary N) is 2. The van der Waals surface area contributed by atoms with Gasteiger partial charge in [0, 0.05) is 39.5 Å². The molecule has 0 aliphatic heterocycles. The van der Waals surface area contributed by atoms with E-state index >= 15 is 0 Å². The molecule has 0 saturated carbocycles. The topological polar surface area (TPSA) is 78.1 Å². The first-order chi connectivity index (χ1) is 12.9. The Labute approximate surface area is 168 Å². The van der Waals surface area contributed by atoms with E-state index in [4.69, 9.17) is 17.7 Å². The first kappa shape index (κ1) is 26.5. The molecule has 0 radical (unpaired) electrons. The van der Waals surface area contributed by atoms with Crippen LogP contribution in [-0.2, 0) is 17.7 Å². The third-order valence-electron chi connectivity index (χ3n) is 4.37. The van der Waals surface area contributed by atoms with Crippen LogP contribution in [0.25, 0.3) is 0 Å². The van der Waals surface area contributed by atoms with Crippen molar-refractivity contribution in [2.45, 2.75) is 72.1 Å². The summed E-state index contributed by atoms with van der Waals surface area (Å²) in [6.07, 6.45) is 1.73. The summed E-state index contributed by atoms with van der Waals surface area (Å²) in [6, 6.07) is 2.59. The van der Waals surface area contributed by atoms with Crippen molar-refractivity contribution in [3.05, 3.63) is 0 Å². The summed E-state index contributed by atoms with van der Waals surface area (Å²) in [5.41, 5.74) is 0. The van der Waals surface area contributed by atoms with E-state index < -0.39 is 17.1 Å². The fraction of sp³-hybridized carbons (Fsp3) is 0.944. The van der Waals surface area contributed by atoms with Gasteiger partial charge in [-0.15, -0.1) is 0 Å². The van der Waals surface area contributed by atoms with Gasteiger partial charge in [-0.25, -0.2) is 4.79 Å². The standard InChI is InChI=1S/C18H42N2O5Si2/c1-7-22-26(6,23-8-2)16-12-14-19-18(21)20-15-13-17-27(11-5,24-9-3)25-10-4/h7-17H2,1-6H3,(H2,19,20,21). The lowest BCUT2D eigenvalue weighted by Crippen LogP contribution is -2.43. The van der Waals surface area contributed by atoms with Gasteiger partial charge in [0.05, 0.1) is 0 Å². The van der Waals surface area contributed by atoms with E-state index in [1.54, 1.807) is 0 Å². The Morgan fingerprint density at radius 2 is 1.19 bits per heavy atom. The molecule has 7 nitrogen and oxygen atoms in total. The summed E-state index contributed by atoms with van der Waals surface area (Å²) in [4.78, 5) is 11.9. The Morgan fingerprint density at radius 1 is 0.741 bits per heavy atom. The average molecular weight is 423 g/mol. The zero-order valence-electron chi connectivity index (χ0n) is 18.3. The van der Waals surface area contributed by atoms with Gasteiger partial charge in [-0.1, -0.05) is 6.92 Å². The minimum atomic E-state index is -2.10. The van der Waals surface area contributed by atoms with E-state index in [-0.39, 0.29) is 6.03 Å². The van der Waals surface area contributed by atoms with E-state index in [1.807, 2.05) is 27.7 Å². The highest BCUT2D eigenvalue weighted by atomic mass is 28.4. The normalized spacial score (nSPS) is 12.2. The lowest BCUT2D eigenvalue weighted by Gasteiger charge is -2.29. The monoisotopic (exact) mass is 422 g/mol. The maximum absolute atomic E-state index is 11.9. The van der Waals surface area contributed by atoms with Crippen LogP contribution in [0.15, 0.2) is 0 Å². The SMILES string of the molecule is CCO[Si](C)(CCCNC(=O)NCCC[Si](CC)(OCC)OCC)OCC. The molecule has 162 valence electrons. The van der Waals surface area contributed by atoms with Crippen molar-refractivity contribution in [3.8, 4) is 0 Å². The van der Waals surface area contributed by atoms with Crippen molar-refractivity contribution >= 4 is 23.2 Å². The molecule has 0 aromatic rings. The molecule has 0 aromatic carbocycles. The first-order valence-electron chi connectivity index (χ1n) is 10.5. The number of rotatable bonds is 17. The van der Waals surface area contributed by atoms with Gasteiger partial charge in [0.1, 0.15) is 0 Å². The second kappa shape index (κ2) is 15.5. The smallest absolute Gasteiger partial charge is 0.337 e. The third-order valence-corrected chi connectivity index (χ3v) is 11.2. The Bertz CT molecular complexity index is 377. The molecule has 0 aliphatic rings. The van der Waals surface area contributed by atoms with Gasteiger partial charge in [-0.05, 0) is 65.2 Å². The molecule has 0 aliphatic carbocycles. The third kappa shape index (κ3) is 11.9. The van der Waals surface area contributed by atoms with Crippen molar-refractivity contribution in [3.63, 3.8) is 0 Å². The highest BCUT2D eigenvalue weighted by Crippen LogP contribution is 2.20. The van der Waals surface area contributed by atoms with Gasteiger partial charge in [0.25, 0.3) is 0 Å². The average Bonchev–Trinajstić information content (AvgIpc) is 2.63. The number of urea groups is 1. The molecule has 0 rings (SSSR count). The molecule has 27 heavy (non-hydrogen) atoms. The van der Waals surface area contributed by atoms with Crippen LogP contribution >= 0.6 is 0 Å². The van der Waals surface area contributed by atoms with E-state index in [9.17, 15) is 4.79 Å². The quantitative estimate of drug-likeness (QED) is 0.276. The van der Waals surface area contributed by atoms with E-state index in [2.05, 4.69) is 24.1 Å². The molecule has 2 N–H and O–H groups in total. The maximum Gasteiger partial charge on any atom is 0.337 e. The Morgan fingerprint density at radius 3 is 1.59 bits per heavy atom. The maximum atomic E-state index is 11.9. The fourth-order valence-electron chi connectivity index (χ4n) is 3.12. The Balaban J connectivity index is 4.03. The summed E-state index contributed by atoms with van der Waals surface area (Å²) in [5.74, 6) is 0. The molecular weight excluding hydrogens is 380 g/mol. The Hall–Kier alpha value is -0.456. The highest BCUT2D eigenvalue weighted by molar-refractivity contribution is 6.67. The van der Waals surface area contributed by atoms with Gasteiger partial charge < -0.3 is 28.3 Å². The van der Waals surface area contributed by atoms with E-state index in [0.717, 1.165) is 31.0 Å². The second-order valence-corrected chi connectivity index (χ2v) is 13.5. The van der Waals surface area contributed by atoms with Crippen LogP contribution in [-0.4, -0.2) is 62.7 Å². The molecule has 0 unspecified atom stereocenters. The molecule has 0 heterocycles. The van der Waals surface area contributed by atoms with Crippen LogP contribution in [0.1, 0.15) is 47.5 Å². The number of carbonyl (C=O) groups excluding carboxylic acids is 1. The molecule has 2 amide bonds. The zero-order valence-corrected chi connectivity index (χ0v) is 20.3. The Kier molecular flexibility index (Phi) is 15.2. The molecule has 9 heteroatoms. The van der Waals surface area contributed by atoms with Gasteiger partial charge >= 0.3 is 23.2 Å². The second-order valence-electron chi connectivity index (χ2n) is 6.52. The molecule has 0 aromatic heterocycles. The largest absolute Gasteiger partial charge is 0.395 e. The van der Waals surface area contributed by atoms with Crippen molar-refractivity contribution < 1.29 is 22.5 Å². The number of hydrogen-bond donors (Lipinski definition) is 2. The molecule has 0 atom stereocenters. The molecule has 0 spiro atoms. The molecule has 0 saturated heterocycles. The fourth-order valence-corrected chi connectivity index (χ4v) is 8.44. The summed E-state index contributed by atoms with van der Waals surface area (Å²) in [5, 5.41) is 5.83. The summed E-state index contributed by atoms with van der Waals surface area (Å²) < 4.78 is 23.5.